The maximum Gasteiger partial charge on any atom is 0.243 e. The Morgan fingerprint density at radius 3 is 2.57 bits per heavy atom. The van der Waals surface area contributed by atoms with Gasteiger partial charge in [-0.05, 0) is 42.7 Å². The van der Waals surface area contributed by atoms with E-state index in [1.807, 2.05) is 42.6 Å². The highest BCUT2D eigenvalue weighted by Crippen LogP contribution is 2.29. The first kappa shape index (κ1) is 21.0. The summed E-state index contributed by atoms with van der Waals surface area (Å²) in [6, 6.07) is 12.7. The minimum absolute atomic E-state index is 0.168. The number of amides is 1. The standard InChI is InChI=1S/C22H25N3O3S2/c1-16-15-29-22(23-16)24-21(26)14-25(19-9-3-2-4-10-19)30(27,28)20-12-11-17-7-5-6-8-18(17)13-20/h5-8,11-13,15,19H,2-4,9-10,14H2,1H3,(H,23,24,26). The highest BCUT2D eigenvalue weighted by Gasteiger charge is 2.34. The van der Waals surface area contributed by atoms with E-state index in [9.17, 15) is 13.2 Å². The van der Waals surface area contributed by atoms with Crippen LogP contribution in [0.5, 0.6) is 0 Å². The Morgan fingerprint density at radius 1 is 1.13 bits per heavy atom. The van der Waals surface area contributed by atoms with Crippen molar-refractivity contribution in [2.45, 2.75) is 50.0 Å². The number of benzene rings is 2. The number of carbonyl (C=O) groups is 1. The molecule has 4 rings (SSSR count). The molecule has 1 fully saturated rings. The summed E-state index contributed by atoms with van der Waals surface area (Å²) in [5, 5.41) is 6.93. The fourth-order valence-corrected chi connectivity index (χ4v) is 6.34. The molecule has 1 aromatic heterocycles. The lowest BCUT2D eigenvalue weighted by atomic mass is 9.95. The largest absolute Gasteiger partial charge is 0.301 e. The number of rotatable bonds is 6. The minimum atomic E-state index is -3.82. The molecule has 8 heteroatoms. The van der Waals surface area contributed by atoms with Crippen LogP contribution in [-0.4, -0.2) is 36.2 Å². The summed E-state index contributed by atoms with van der Waals surface area (Å²) >= 11 is 1.33. The predicted octanol–water partition coefficient (Wildman–Crippen LogP) is 4.57. The molecule has 1 amide bonds. The van der Waals surface area contributed by atoms with Crippen LogP contribution in [0.15, 0.2) is 52.7 Å². The third-order valence-corrected chi connectivity index (χ3v) is 8.24. The first-order chi connectivity index (χ1) is 14.4. The van der Waals surface area contributed by atoms with E-state index >= 15 is 0 Å². The van der Waals surface area contributed by atoms with Crippen LogP contribution >= 0.6 is 11.3 Å². The summed E-state index contributed by atoms with van der Waals surface area (Å²) in [7, 11) is -3.82. The van der Waals surface area contributed by atoms with Crippen LogP contribution in [0.2, 0.25) is 0 Å². The molecular weight excluding hydrogens is 418 g/mol. The molecule has 0 radical (unpaired) electrons. The van der Waals surface area contributed by atoms with Gasteiger partial charge in [0.2, 0.25) is 15.9 Å². The molecule has 1 saturated carbocycles. The molecule has 3 aromatic rings. The van der Waals surface area contributed by atoms with Crippen molar-refractivity contribution < 1.29 is 13.2 Å². The molecular formula is C22H25N3O3S2. The van der Waals surface area contributed by atoms with E-state index in [1.165, 1.54) is 15.6 Å². The van der Waals surface area contributed by atoms with Gasteiger partial charge in [0.05, 0.1) is 17.1 Å². The first-order valence-corrected chi connectivity index (χ1v) is 12.5. The minimum Gasteiger partial charge on any atom is -0.301 e. The number of aromatic nitrogens is 1. The Bertz CT molecular complexity index is 1150. The third-order valence-electron chi connectivity index (χ3n) is 5.47. The van der Waals surface area contributed by atoms with Crippen LogP contribution in [-0.2, 0) is 14.8 Å². The number of hydrogen-bond donors (Lipinski definition) is 1. The van der Waals surface area contributed by atoms with Crippen molar-refractivity contribution in [3.05, 3.63) is 53.5 Å². The van der Waals surface area contributed by atoms with Crippen molar-refractivity contribution in [2.75, 3.05) is 11.9 Å². The lowest BCUT2D eigenvalue weighted by Gasteiger charge is -2.33. The Kier molecular flexibility index (Phi) is 6.17. The summed E-state index contributed by atoms with van der Waals surface area (Å²) in [5.74, 6) is -0.362. The summed E-state index contributed by atoms with van der Waals surface area (Å²) in [6.45, 7) is 1.64. The van der Waals surface area contributed by atoms with Crippen molar-refractivity contribution in [3.63, 3.8) is 0 Å². The van der Waals surface area contributed by atoms with Crippen molar-refractivity contribution in [2.24, 2.45) is 0 Å². The van der Waals surface area contributed by atoms with E-state index in [-0.39, 0.29) is 23.4 Å². The van der Waals surface area contributed by atoms with Gasteiger partial charge < -0.3 is 5.32 Å². The van der Waals surface area contributed by atoms with Crippen LogP contribution in [0.3, 0.4) is 0 Å². The lowest BCUT2D eigenvalue weighted by molar-refractivity contribution is -0.116. The molecule has 1 N–H and O–H groups in total. The van der Waals surface area contributed by atoms with Gasteiger partial charge in [0, 0.05) is 11.4 Å². The second-order valence-electron chi connectivity index (χ2n) is 7.69. The monoisotopic (exact) mass is 443 g/mol. The zero-order chi connectivity index (χ0) is 21.1. The van der Waals surface area contributed by atoms with E-state index in [0.29, 0.717) is 5.13 Å². The second kappa shape index (κ2) is 8.83. The van der Waals surface area contributed by atoms with Crippen molar-refractivity contribution in [3.8, 4) is 0 Å². The Hall–Kier alpha value is -2.29. The maximum atomic E-state index is 13.6. The molecule has 0 bridgehead atoms. The van der Waals surface area contributed by atoms with Gasteiger partial charge in [-0.15, -0.1) is 11.3 Å². The fraction of sp³-hybridized carbons (Fsp3) is 0.364. The van der Waals surface area contributed by atoms with E-state index in [4.69, 9.17) is 0 Å². The summed E-state index contributed by atoms with van der Waals surface area (Å²) in [4.78, 5) is 17.2. The van der Waals surface area contributed by atoms with Crippen LogP contribution in [0.25, 0.3) is 10.8 Å². The number of nitrogens with zero attached hydrogens (tertiary/aromatic N) is 2. The van der Waals surface area contributed by atoms with Crippen molar-refractivity contribution >= 4 is 43.2 Å². The summed E-state index contributed by atoms with van der Waals surface area (Å²) in [5.41, 5.74) is 0.822. The first-order valence-electron chi connectivity index (χ1n) is 10.2. The van der Waals surface area contributed by atoms with Crippen molar-refractivity contribution in [1.82, 2.24) is 9.29 Å². The predicted molar refractivity (Wildman–Crippen MR) is 120 cm³/mol. The molecule has 6 nitrogen and oxygen atoms in total. The zero-order valence-electron chi connectivity index (χ0n) is 16.9. The average molecular weight is 444 g/mol. The number of nitrogens with one attached hydrogen (secondary N) is 1. The number of aryl methyl sites for hydroxylation is 1. The highest BCUT2D eigenvalue weighted by atomic mass is 32.2. The number of carbonyl (C=O) groups excluding carboxylic acids is 1. The van der Waals surface area contributed by atoms with E-state index in [1.54, 1.807) is 12.1 Å². The Balaban J connectivity index is 1.63. The van der Waals surface area contributed by atoms with Gasteiger partial charge in [-0.25, -0.2) is 13.4 Å². The topological polar surface area (TPSA) is 79.4 Å². The maximum absolute atomic E-state index is 13.6. The van der Waals surface area contributed by atoms with Gasteiger partial charge in [-0.1, -0.05) is 49.6 Å². The normalized spacial score (nSPS) is 15.5. The molecule has 158 valence electrons. The van der Waals surface area contributed by atoms with Gasteiger partial charge >= 0.3 is 0 Å². The highest BCUT2D eigenvalue weighted by molar-refractivity contribution is 7.89. The summed E-state index contributed by atoms with van der Waals surface area (Å²) in [6.07, 6.45) is 4.60. The summed E-state index contributed by atoms with van der Waals surface area (Å²) < 4.78 is 28.6. The van der Waals surface area contributed by atoms with Crippen LogP contribution in [0, 0.1) is 6.92 Å². The number of sulfonamides is 1. The molecule has 1 aliphatic carbocycles. The van der Waals surface area contributed by atoms with Gasteiger partial charge in [-0.3, -0.25) is 4.79 Å². The van der Waals surface area contributed by atoms with Crippen LogP contribution < -0.4 is 5.32 Å². The molecule has 0 spiro atoms. The smallest absolute Gasteiger partial charge is 0.243 e. The van der Waals surface area contributed by atoms with Crippen LogP contribution in [0.1, 0.15) is 37.8 Å². The fourth-order valence-electron chi connectivity index (χ4n) is 3.95. The van der Waals surface area contributed by atoms with E-state index in [2.05, 4.69) is 10.3 Å². The molecule has 0 saturated heterocycles. The van der Waals surface area contributed by atoms with Gasteiger partial charge in [0.25, 0.3) is 0 Å². The molecule has 2 aromatic carbocycles. The Morgan fingerprint density at radius 2 is 1.87 bits per heavy atom. The average Bonchev–Trinajstić information content (AvgIpc) is 3.16. The molecule has 30 heavy (non-hydrogen) atoms. The number of anilines is 1. The molecule has 0 atom stereocenters. The van der Waals surface area contributed by atoms with Crippen LogP contribution in [0.4, 0.5) is 5.13 Å². The van der Waals surface area contributed by atoms with Gasteiger partial charge in [0.1, 0.15) is 0 Å². The zero-order valence-corrected chi connectivity index (χ0v) is 18.5. The van der Waals surface area contributed by atoms with E-state index in [0.717, 1.165) is 48.6 Å². The van der Waals surface area contributed by atoms with Gasteiger partial charge in [-0.2, -0.15) is 4.31 Å². The number of thiazole rings is 1. The van der Waals surface area contributed by atoms with Gasteiger partial charge in [0.15, 0.2) is 5.13 Å². The van der Waals surface area contributed by atoms with E-state index < -0.39 is 10.0 Å². The molecule has 1 aliphatic rings. The molecule has 0 aliphatic heterocycles. The second-order valence-corrected chi connectivity index (χ2v) is 10.4. The SMILES string of the molecule is Cc1csc(NC(=O)CN(C2CCCCC2)S(=O)(=O)c2ccc3ccccc3c2)n1. The molecule has 0 unspecified atom stereocenters. The number of fused-ring (bicyclic) bond motifs is 1. The third kappa shape index (κ3) is 4.55. The quantitative estimate of drug-likeness (QED) is 0.605. The van der Waals surface area contributed by atoms with Crippen molar-refractivity contribution in [1.29, 1.82) is 0 Å². The molecule has 1 heterocycles. The lowest BCUT2D eigenvalue weighted by Crippen LogP contribution is -2.45. The number of hydrogen-bond acceptors (Lipinski definition) is 5. The Labute approximate surface area is 181 Å².